The largest absolute Gasteiger partial charge is 0.511 e. The number of aliphatic hydroxyl groups excluding tert-OH is 1. The fourth-order valence-corrected chi connectivity index (χ4v) is 1.50. The highest BCUT2D eigenvalue weighted by Gasteiger charge is 2.11. The SMILES string of the molecule is CC/C(O)=C(/C#N)c1nc2ccccc2[nH]1. The predicted molar refractivity (Wildman–Crippen MR) is 61.5 cm³/mol. The Morgan fingerprint density at radius 3 is 2.88 bits per heavy atom. The quantitative estimate of drug-likeness (QED) is 0.595. The van der Waals surface area contributed by atoms with Gasteiger partial charge in [0.05, 0.1) is 11.0 Å². The molecule has 0 unspecified atom stereocenters. The molecule has 2 rings (SSSR count). The van der Waals surface area contributed by atoms with E-state index in [1.54, 1.807) is 6.92 Å². The third-order valence-electron chi connectivity index (χ3n) is 2.36. The van der Waals surface area contributed by atoms with Crippen LogP contribution in [0.5, 0.6) is 0 Å². The Bertz CT molecular complexity index is 557. The Morgan fingerprint density at radius 1 is 1.50 bits per heavy atom. The van der Waals surface area contributed by atoms with E-state index >= 15 is 0 Å². The van der Waals surface area contributed by atoms with Crippen LogP contribution in [0.1, 0.15) is 19.2 Å². The summed E-state index contributed by atoms with van der Waals surface area (Å²) in [6, 6.07) is 9.47. The number of fused-ring (bicyclic) bond motifs is 1. The molecule has 1 heterocycles. The minimum atomic E-state index is 0.0570. The van der Waals surface area contributed by atoms with Gasteiger partial charge in [0.15, 0.2) is 5.82 Å². The van der Waals surface area contributed by atoms with Crippen LogP contribution < -0.4 is 0 Å². The summed E-state index contributed by atoms with van der Waals surface area (Å²) in [6.45, 7) is 1.79. The number of hydrogen-bond acceptors (Lipinski definition) is 3. The molecule has 16 heavy (non-hydrogen) atoms. The molecule has 0 spiro atoms. The molecule has 0 fully saturated rings. The van der Waals surface area contributed by atoms with E-state index in [2.05, 4.69) is 9.97 Å². The van der Waals surface area contributed by atoms with Crippen LogP contribution in [0.2, 0.25) is 0 Å². The van der Waals surface area contributed by atoms with E-state index in [0.29, 0.717) is 12.2 Å². The lowest BCUT2D eigenvalue weighted by molar-refractivity contribution is 0.398. The van der Waals surface area contributed by atoms with Crippen LogP contribution in [0, 0.1) is 11.3 Å². The number of aliphatic hydroxyl groups is 1. The Labute approximate surface area is 92.9 Å². The van der Waals surface area contributed by atoms with Gasteiger partial charge < -0.3 is 10.1 Å². The topological polar surface area (TPSA) is 72.7 Å². The Hall–Kier alpha value is -2.28. The molecule has 0 amide bonds. The molecule has 4 nitrogen and oxygen atoms in total. The van der Waals surface area contributed by atoms with Gasteiger partial charge in [-0.3, -0.25) is 0 Å². The van der Waals surface area contributed by atoms with Gasteiger partial charge in [-0.2, -0.15) is 5.26 Å². The van der Waals surface area contributed by atoms with Crippen molar-refractivity contribution in [2.24, 2.45) is 0 Å². The van der Waals surface area contributed by atoms with Gasteiger partial charge in [0.2, 0.25) is 0 Å². The van der Waals surface area contributed by atoms with E-state index in [1.807, 2.05) is 30.3 Å². The number of para-hydroxylation sites is 2. The second-order valence-electron chi connectivity index (χ2n) is 3.39. The smallest absolute Gasteiger partial charge is 0.152 e. The van der Waals surface area contributed by atoms with Crippen LogP contribution in [0.4, 0.5) is 0 Å². The molecule has 2 aromatic rings. The highest BCUT2D eigenvalue weighted by Crippen LogP contribution is 2.19. The molecule has 80 valence electrons. The van der Waals surface area contributed by atoms with Gasteiger partial charge in [-0.25, -0.2) is 4.98 Å². The number of nitrogens with zero attached hydrogens (tertiary/aromatic N) is 2. The summed E-state index contributed by atoms with van der Waals surface area (Å²) >= 11 is 0. The van der Waals surface area contributed by atoms with E-state index in [9.17, 15) is 5.11 Å². The van der Waals surface area contributed by atoms with Gasteiger partial charge in [-0.1, -0.05) is 19.1 Å². The molecule has 0 aliphatic heterocycles. The van der Waals surface area contributed by atoms with Crippen LogP contribution >= 0.6 is 0 Å². The summed E-state index contributed by atoms with van der Waals surface area (Å²) in [5.41, 5.74) is 1.85. The van der Waals surface area contributed by atoms with Crippen molar-refractivity contribution < 1.29 is 5.11 Å². The zero-order valence-electron chi connectivity index (χ0n) is 8.86. The molecule has 0 aliphatic rings. The summed E-state index contributed by atoms with van der Waals surface area (Å²) < 4.78 is 0. The fraction of sp³-hybridized carbons (Fsp3) is 0.167. The van der Waals surface area contributed by atoms with Crippen molar-refractivity contribution in [3.63, 3.8) is 0 Å². The predicted octanol–water partition coefficient (Wildman–Crippen LogP) is 2.77. The van der Waals surface area contributed by atoms with Crippen molar-refractivity contribution in [3.8, 4) is 6.07 Å². The first kappa shape index (κ1) is 10.2. The number of benzene rings is 1. The van der Waals surface area contributed by atoms with Crippen LogP contribution in [-0.2, 0) is 0 Å². The molecule has 1 aromatic heterocycles. The number of rotatable bonds is 2. The molecule has 4 heteroatoms. The van der Waals surface area contributed by atoms with E-state index in [0.717, 1.165) is 11.0 Å². The van der Waals surface area contributed by atoms with Crippen molar-refractivity contribution in [2.45, 2.75) is 13.3 Å². The standard InChI is InChI=1S/C12H11N3O/c1-2-11(16)8(7-13)12-14-9-5-3-4-6-10(9)15-12/h3-6,16H,2H2,1H3,(H,14,15)/b11-8+. The summed E-state index contributed by atoms with van der Waals surface area (Å²) in [5, 5.41) is 18.6. The van der Waals surface area contributed by atoms with Crippen LogP contribution in [0.25, 0.3) is 16.6 Å². The van der Waals surface area contributed by atoms with Crippen molar-refractivity contribution in [2.75, 3.05) is 0 Å². The first-order valence-corrected chi connectivity index (χ1v) is 5.03. The van der Waals surface area contributed by atoms with E-state index < -0.39 is 0 Å². The van der Waals surface area contributed by atoms with Crippen LogP contribution in [0.15, 0.2) is 30.0 Å². The highest BCUT2D eigenvalue weighted by molar-refractivity contribution is 5.82. The Balaban J connectivity index is 2.60. The van der Waals surface area contributed by atoms with Crippen LogP contribution in [0.3, 0.4) is 0 Å². The summed E-state index contributed by atoms with van der Waals surface area (Å²) in [4.78, 5) is 7.27. The summed E-state index contributed by atoms with van der Waals surface area (Å²) in [7, 11) is 0. The molecule has 0 saturated carbocycles. The molecule has 0 bridgehead atoms. The molecule has 0 saturated heterocycles. The van der Waals surface area contributed by atoms with Crippen molar-refractivity contribution in [1.29, 1.82) is 5.26 Å². The minimum absolute atomic E-state index is 0.0570. The average molecular weight is 213 g/mol. The lowest BCUT2D eigenvalue weighted by Gasteiger charge is -1.96. The Morgan fingerprint density at radius 2 is 2.25 bits per heavy atom. The summed E-state index contributed by atoms with van der Waals surface area (Å²) in [6.07, 6.45) is 0.417. The Kier molecular flexibility index (Phi) is 2.61. The number of aromatic nitrogens is 2. The van der Waals surface area contributed by atoms with Crippen molar-refractivity contribution in [3.05, 3.63) is 35.8 Å². The maximum atomic E-state index is 9.59. The average Bonchev–Trinajstić information content (AvgIpc) is 2.72. The number of hydrogen-bond donors (Lipinski definition) is 2. The third-order valence-corrected chi connectivity index (χ3v) is 2.36. The number of imidazole rings is 1. The zero-order chi connectivity index (χ0) is 11.5. The maximum absolute atomic E-state index is 9.59. The first-order chi connectivity index (χ1) is 7.76. The maximum Gasteiger partial charge on any atom is 0.152 e. The monoisotopic (exact) mass is 213 g/mol. The second-order valence-corrected chi connectivity index (χ2v) is 3.39. The molecule has 1 aromatic carbocycles. The molecule has 0 atom stereocenters. The van der Waals surface area contributed by atoms with Gasteiger partial charge >= 0.3 is 0 Å². The van der Waals surface area contributed by atoms with Gasteiger partial charge in [-0.05, 0) is 12.1 Å². The second kappa shape index (κ2) is 4.07. The van der Waals surface area contributed by atoms with E-state index in [4.69, 9.17) is 5.26 Å². The molecule has 2 N–H and O–H groups in total. The number of nitrogens with one attached hydrogen (secondary N) is 1. The van der Waals surface area contributed by atoms with Gasteiger partial charge in [0, 0.05) is 6.42 Å². The van der Waals surface area contributed by atoms with E-state index in [1.165, 1.54) is 0 Å². The first-order valence-electron chi connectivity index (χ1n) is 5.03. The van der Waals surface area contributed by atoms with Gasteiger partial charge in [-0.15, -0.1) is 0 Å². The third kappa shape index (κ3) is 1.63. The lowest BCUT2D eigenvalue weighted by atomic mass is 10.2. The lowest BCUT2D eigenvalue weighted by Crippen LogP contribution is -1.90. The molecular formula is C12H11N3O. The van der Waals surface area contributed by atoms with Crippen LogP contribution in [-0.4, -0.2) is 15.1 Å². The zero-order valence-corrected chi connectivity index (χ0v) is 8.86. The minimum Gasteiger partial charge on any atom is -0.511 e. The molecular weight excluding hydrogens is 202 g/mol. The fourth-order valence-electron chi connectivity index (χ4n) is 1.50. The highest BCUT2D eigenvalue weighted by atomic mass is 16.3. The normalized spacial score (nSPS) is 12.2. The molecule has 0 radical (unpaired) electrons. The van der Waals surface area contributed by atoms with Crippen molar-refractivity contribution >= 4 is 16.6 Å². The molecule has 0 aliphatic carbocycles. The van der Waals surface area contributed by atoms with Gasteiger partial charge in [0.1, 0.15) is 17.4 Å². The number of aromatic amines is 1. The summed E-state index contributed by atoms with van der Waals surface area (Å²) in [5.74, 6) is 0.476. The number of H-pyrrole nitrogens is 1. The van der Waals surface area contributed by atoms with E-state index in [-0.39, 0.29) is 11.3 Å². The van der Waals surface area contributed by atoms with Gasteiger partial charge in [0.25, 0.3) is 0 Å². The number of nitriles is 1. The number of allylic oxidation sites excluding steroid dienone is 2. The van der Waals surface area contributed by atoms with Crippen molar-refractivity contribution in [1.82, 2.24) is 9.97 Å².